The molecule has 0 aliphatic carbocycles. The lowest BCUT2D eigenvalue weighted by Crippen LogP contribution is -2.34. The van der Waals surface area contributed by atoms with E-state index in [1.165, 1.54) is 0 Å². The van der Waals surface area contributed by atoms with Gasteiger partial charge in [0.15, 0.2) is 0 Å². The lowest BCUT2D eigenvalue weighted by atomic mass is 10.6. The fraction of sp³-hybridized carbons (Fsp3) is 0.250. The molecule has 1 rings (SSSR count). The predicted molar refractivity (Wildman–Crippen MR) is 45.5 cm³/mol. The second-order valence-corrected chi connectivity index (χ2v) is 2.65. The Morgan fingerprint density at radius 2 is 1.75 bits per heavy atom. The molecule has 16 heavy (non-hydrogen) atoms. The summed E-state index contributed by atoms with van der Waals surface area (Å²) in [5.74, 6) is -3.84. The van der Waals surface area contributed by atoms with E-state index in [1.54, 1.807) is 0 Å². The van der Waals surface area contributed by atoms with E-state index in [2.05, 4.69) is 9.57 Å². The van der Waals surface area contributed by atoms with E-state index >= 15 is 0 Å². The summed E-state index contributed by atoms with van der Waals surface area (Å²) >= 11 is 0. The van der Waals surface area contributed by atoms with Gasteiger partial charge < -0.3 is 14.7 Å². The van der Waals surface area contributed by atoms with Crippen LogP contribution in [0, 0.1) is 0 Å². The Bertz CT molecular complexity index is 355. The van der Waals surface area contributed by atoms with E-state index in [1.807, 2.05) is 0 Å². The highest BCUT2D eigenvalue weighted by atomic mass is 16.7. The van der Waals surface area contributed by atoms with Gasteiger partial charge in [-0.05, 0) is 0 Å². The van der Waals surface area contributed by atoms with Gasteiger partial charge in [-0.3, -0.25) is 9.59 Å². The molecule has 0 radical (unpaired) electrons. The number of carbonyl (C=O) groups is 4. The van der Waals surface area contributed by atoms with Crippen LogP contribution in [0.1, 0.15) is 0 Å². The first-order chi connectivity index (χ1) is 7.50. The average molecular weight is 229 g/mol. The van der Waals surface area contributed by atoms with E-state index in [0.717, 1.165) is 12.2 Å². The number of carboxylic acid groups (broad SMARTS) is 1. The number of rotatable bonds is 5. The summed E-state index contributed by atoms with van der Waals surface area (Å²) in [6.45, 7) is -1.33. The standard InChI is InChI=1S/C8H7NO7/c10-5-1-2-6(11)9(5)16-8(14)4-15-3-7(12)13/h1-2H,3-4H2,(H,12,13). The van der Waals surface area contributed by atoms with Crippen LogP contribution >= 0.6 is 0 Å². The Kier molecular flexibility index (Phi) is 3.72. The van der Waals surface area contributed by atoms with Crippen LogP contribution in [0.5, 0.6) is 0 Å². The Hall–Kier alpha value is -2.22. The average Bonchev–Trinajstić information content (AvgIpc) is 2.49. The van der Waals surface area contributed by atoms with Crippen molar-refractivity contribution in [2.24, 2.45) is 0 Å². The first-order valence-electron chi connectivity index (χ1n) is 4.07. The highest BCUT2D eigenvalue weighted by Gasteiger charge is 2.27. The number of imide groups is 1. The van der Waals surface area contributed by atoms with Crippen molar-refractivity contribution in [3.05, 3.63) is 12.2 Å². The molecule has 86 valence electrons. The topological polar surface area (TPSA) is 110 Å². The van der Waals surface area contributed by atoms with Crippen LogP contribution in [0.25, 0.3) is 0 Å². The summed E-state index contributed by atoms with van der Waals surface area (Å²) < 4.78 is 4.39. The second kappa shape index (κ2) is 5.03. The molecule has 1 aliphatic rings. The van der Waals surface area contributed by atoms with E-state index in [-0.39, 0.29) is 5.06 Å². The Balaban J connectivity index is 2.32. The monoisotopic (exact) mass is 229 g/mol. The minimum absolute atomic E-state index is 0.256. The van der Waals surface area contributed by atoms with E-state index in [0.29, 0.717) is 0 Å². The normalized spacial score (nSPS) is 14.4. The summed E-state index contributed by atoms with van der Waals surface area (Å²) in [6, 6.07) is 0. The third kappa shape index (κ3) is 3.17. The Labute approximate surface area is 89.0 Å². The van der Waals surface area contributed by atoms with E-state index in [4.69, 9.17) is 5.11 Å². The van der Waals surface area contributed by atoms with E-state index in [9.17, 15) is 19.2 Å². The molecule has 8 heteroatoms. The molecule has 1 heterocycles. The van der Waals surface area contributed by atoms with Gasteiger partial charge in [0.2, 0.25) is 0 Å². The largest absolute Gasteiger partial charge is 0.480 e. The third-order valence-corrected chi connectivity index (χ3v) is 1.41. The molecule has 0 fully saturated rings. The maximum atomic E-state index is 11.0. The van der Waals surface area contributed by atoms with Gasteiger partial charge in [0.1, 0.15) is 13.2 Å². The quantitative estimate of drug-likeness (QED) is 0.569. The SMILES string of the molecule is O=C(O)COCC(=O)ON1C(=O)C=CC1=O. The maximum Gasteiger partial charge on any atom is 0.358 e. The van der Waals surface area contributed by atoms with Crippen molar-refractivity contribution in [2.45, 2.75) is 0 Å². The van der Waals surface area contributed by atoms with Gasteiger partial charge in [0.25, 0.3) is 11.8 Å². The molecule has 8 nitrogen and oxygen atoms in total. The summed E-state index contributed by atoms with van der Waals surface area (Å²) in [5, 5.41) is 8.45. The second-order valence-electron chi connectivity index (χ2n) is 2.65. The number of aliphatic carboxylic acids is 1. The van der Waals surface area contributed by atoms with E-state index < -0.39 is 37.0 Å². The zero-order valence-electron chi connectivity index (χ0n) is 7.91. The van der Waals surface area contributed by atoms with Crippen LogP contribution in [0.2, 0.25) is 0 Å². The summed E-state index contributed by atoms with van der Waals surface area (Å²) in [6.07, 6.45) is 1.88. The van der Waals surface area contributed by atoms with Gasteiger partial charge in [0, 0.05) is 12.2 Å². The molecule has 0 aromatic rings. The number of amides is 2. The Morgan fingerprint density at radius 3 is 2.25 bits per heavy atom. The van der Waals surface area contributed by atoms with Gasteiger partial charge in [-0.2, -0.15) is 0 Å². The molecule has 2 amide bonds. The first-order valence-corrected chi connectivity index (χ1v) is 4.07. The lowest BCUT2D eigenvalue weighted by Gasteiger charge is -2.11. The van der Waals surface area contributed by atoms with Crippen molar-refractivity contribution in [1.82, 2.24) is 5.06 Å². The molecule has 0 aromatic heterocycles. The van der Waals surface area contributed by atoms with Gasteiger partial charge >= 0.3 is 11.9 Å². The molecule has 0 saturated carbocycles. The first kappa shape index (κ1) is 11.9. The molecule has 0 aromatic carbocycles. The fourth-order valence-corrected chi connectivity index (χ4v) is 0.826. The minimum Gasteiger partial charge on any atom is -0.480 e. The number of carboxylic acids is 1. The van der Waals surface area contributed by atoms with Crippen LogP contribution < -0.4 is 0 Å². The van der Waals surface area contributed by atoms with Gasteiger partial charge in [-0.15, -0.1) is 0 Å². The number of hydroxylamine groups is 2. The maximum absolute atomic E-state index is 11.0. The van der Waals surface area contributed by atoms with Crippen LogP contribution in [0.15, 0.2) is 12.2 Å². The van der Waals surface area contributed by atoms with Crippen molar-refractivity contribution in [3.8, 4) is 0 Å². The minimum atomic E-state index is -1.25. The molecule has 0 spiro atoms. The van der Waals surface area contributed by atoms with Crippen LogP contribution in [-0.4, -0.2) is 47.1 Å². The lowest BCUT2D eigenvalue weighted by molar-refractivity contribution is -0.199. The number of nitrogens with zero attached hydrogens (tertiary/aromatic N) is 1. The highest BCUT2D eigenvalue weighted by Crippen LogP contribution is 2.04. The van der Waals surface area contributed by atoms with Crippen molar-refractivity contribution in [3.63, 3.8) is 0 Å². The molecule has 0 atom stereocenters. The molecular weight excluding hydrogens is 222 g/mol. The van der Waals surface area contributed by atoms with Crippen LogP contribution in [0.3, 0.4) is 0 Å². The number of carbonyl (C=O) groups excluding carboxylic acids is 3. The molecule has 1 N–H and O–H groups in total. The number of hydrogen-bond acceptors (Lipinski definition) is 6. The number of hydrogen-bond donors (Lipinski definition) is 1. The third-order valence-electron chi connectivity index (χ3n) is 1.41. The molecule has 0 saturated heterocycles. The zero-order chi connectivity index (χ0) is 12.1. The van der Waals surface area contributed by atoms with Crippen LogP contribution in [-0.2, 0) is 28.8 Å². The van der Waals surface area contributed by atoms with Crippen molar-refractivity contribution >= 4 is 23.8 Å². The van der Waals surface area contributed by atoms with Crippen molar-refractivity contribution < 1.29 is 33.9 Å². The smallest absolute Gasteiger partial charge is 0.358 e. The molecule has 1 aliphatic heterocycles. The van der Waals surface area contributed by atoms with Crippen molar-refractivity contribution in [1.29, 1.82) is 0 Å². The molecule has 0 bridgehead atoms. The Morgan fingerprint density at radius 1 is 1.19 bits per heavy atom. The molecular formula is C8H7NO7. The summed E-state index contributed by atoms with van der Waals surface area (Å²) in [5.41, 5.74) is 0. The zero-order valence-corrected chi connectivity index (χ0v) is 7.91. The highest BCUT2D eigenvalue weighted by molar-refractivity contribution is 6.12. The summed E-state index contributed by atoms with van der Waals surface area (Å²) in [7, 11) is 0. The fourth-order valence-electron chi connectivity index (χ4n) is 0.826. The van der Waals surface area contributed by atoms with Crippen LogP contribution in [0.4, 0.5) is 0 Å². The molecule has 0 unspecified atom stereocenters. The van der Waals surface area contributed by atoms with Gasteiger partial charge in [-0.25, -0.2) is 9.59 Å². The van der Waals surface area contributed by atoms with Gasteiger partial charge in [0.05, 0.1) is 0 Å². The number of ether oxygens (including phenoxy) is 1. The predicted octanol–water partition coefficient (Wildman–Crippen LogP) is -1.53. The van der Waals surface area contributed by atoms with Gasteiger partial charge in [-0.1, -0.05) is 5.06 Å². The summed E-state index contributed by atoms with van der Waals surface area (Å²) in [4.78, 5) is 47.1. The van der Waals surface area contributed by atoms with Crippen molar-refractivity contribution in [2.75, 3.05) is 13.2 Å².